The van der Waals surface area contributed by atoms with E-state index in [1.54, 1.807) is 55.6 Å². The van der Waals surface area contributed by atoms with Gasteiger partial charge in [0.1, 0.15) is 11.5 Å². The zero-order valence-electron chi connectivity index (χ0n) is 15.2. The Labute approximate surface area is 153 Å². The lowest BCUT2D eigenvalue weighted by atomic mass is 10.2. The lowest BCUT2D eigenvalue weighted by molar-refractivity contribution is -0.119. The van der Waals surface area contributed by atoms with E-state index in [0.29, 0.717) is 35.3 Å². The second-order valence-corrected chi connectivity index (χ2v) is 6.09. The molecule has 0 unspecified atom stereocenters. The third-order valence-electron chi connectivity index (χ3n) is 3.34. The molecule has 26 heavy (non-hydrogen) atoms. The summed E-state index contributed by atoms with van der Waals surface area (Å²) in [6.45, 7) is 4.26. The van der Waals surface area contributed by atoms with Crippen LogP contribution in [-0.4, -0.2) is 32.2 Å². The number of methoxy groups -OCH3 is 1. The Hall–Kier alpha value is -3.02. The van der Waals surface area contributed by atoms with Crippen LogP contribution in [0.25, 0.3) is 0 Å². The number of carbonyl (C=O) groups excluding carboxylic acids is 2. The summed E-state index contributed by atoms with van der Waals surface area (Å²) in [5.74, 6) is 0.581. The van der Waals surface area contributed by atoms with E-state index >= 15 is 0 Å². The maximum Gasteiger partial charge on any atom is 0.338 e. The predicted molar refractivity (Wildman–Crippen MR) is 98.7 cm³/mol. The Morgan fingerprint density at radius 1 is 1.04 bits per heavy atom. The average Bonchev–Trinajstić information content (AvgIpc) is 2.64. The number of hydrogen-bond acceptors (Lipinski definition) is 5. The highest BCUT2D eigenvalue weighted by molar-refractivity contribution is 5.95. The second-order valence-electron chi connectivity index (χ2n) is 6.09. The van der Waals surface area contributed by atoms with Crippen LogP contribution in [0.3, 0.4) is 0 Å². The predicted octanol–water partition coefficient (Wildman–Crippen LogP) is 3.53. The second kappa shape index (κ2) is 9.46. The van der Waals surface area contributed by atoms with E-state index in [4.69, 9.17) is 14.2 Å². The van der Waals surface area contributed by atoms with Crippen LogP contribution in [0.15, 0.2) is 48.5 Å². The fourth-order valence-corrected chi connectivity index (χ4v) is 2.09. The molecule has 0 aromatic heterocycles. The fourth-order valence-electron chi connectivity index (χ4n) is 2.09. The van der Waals surface area contributed by atoms with Gasteiger partial charge in [0.05, 0.1) is 19.3 Å². The first kappa shape index (κ1) is 19.3. The Morgan fingerprint density at radius 2 is 1.77 bits per heavy atom. The van der Waals surface area contributed by atoms with Crippen molar-refractivity contribution in [3.05, 3.63) is 54.1 Å². The molecule has 0 fully saturated rings. The van der Waals surface area contributed by atoms with Crippen LogP contribution < -0.4 is 14.8 Å². The van der Waals surface area contributed by atoms with Crippen molar-refractivity contribution >= 4 is 17.6 Å². The molecule has 0 saturated carbocycles. The SMILES string of the molecule is COc1cccc(NC(=O)COC(=O)c2cccc(OCC(C)C)c2)c1. The van der Waals surface area contributed by atoms with Crippen molar-refractivity contribution in [2.24, 2.45) is 5.92 Å². The third kappa shape index (κ3) is 6.12. The molecule has 138 valence electrons. The van der Waals surface area contributed by atoms with Gasteiger partial charge < -0.3 is 19.5 Å². The Balaban J connectivity index is 1.87. The number of anilines is 1. The number of ether oxygens (including phenoxy) is 3. The van der Waals surface area contributed by atoms with Crippen molar-refractivity contribution < 1.29 is 23.8 Å². The molecule has 1 amide bonds. The number of hydrogen-bond donors (Lipinski definition) is 1. The summed E-state index contributed by atoms with van der Waals surface area (Å²) < 4.78 is 15.7. The number of esters is 1. The summed E-state index contributed by atoms with van der Waals surface area (Å²) in [5.41, 5.74) is 0.898. The monoisotopic (exact) mass is 357 g/mol. The van der Waals surface area contributed by atoms with Crippen LogP contribution in [0.1, 0.15) is 24.2 Å². The van der Waals surface area contributed by atoms with Gasteiger partial charge in [-0.05, 0) is 36.2 Å². The summed E-state index contributed by atoms with van der Waals surface area (Å²) in [5, 5.41) is 2.65. The van der Waals surface area contributed by atoms with E-state index in [9.17, 15) is 9.59 Å². The fraction of sp³-hybridized carbons (Fsp3) is 0.300. The molecule has 0 atom stereocenters. The molecule has 0 radical (unpaired) electrons. The van der Waals surface area contributed by atoms with Crippen molar-refractivity contribution in [1.29, 1.82) is 0 Å². The van der Waals surface area contributed by atoms with Crippen molar-refractivity contribution in [2.45, 2.75) is 13.8 Å². The number of benzene rings is 2. The molecule has 0 bridgehead atoms. The molecule has 0 saturated heterocycles. The molecule has 0 heterocycles. The van der Waals surface area contributed by atoms with Gasteiger partial charge in [0.15, 0.2) is 6.61 Å². The van der Waals surface area contributed by atoms with E-state index < -0.39 is 11.9 Å². The Bertz CT molecular complexity index is 757. The van der Waals surface area contributed by atoms with Crippen molar-refractivity contribution in [3.63, 3.8) is 0 Å². The van der Waals surface area contributed by atoms with Gasteiger partial charge in [-0.2, -0.15) is 0 Å². The van der Waals surface area contributed by atoms with Crippen LogP contribution in [0.4, 0.5) is 5.69 Å². The smallest absolute Gasteiger partial charge is 0.338 e. The molecule has 2 rings (SSSR count). The molecule has 0 aliphatic rings. The quantitative estimate of drug-likeness (QED) is 0.732. The zero-order chi connectivity index (χ0) is 18.9. The maximum atomic E-state index is 12.1. The maximum absolute atomic E-state index is 12.1. The van der Waals surface area contributed by atoms with E-state index in [1.165, 1.54) is 0 Å². The van der Waals surface area contributed by atoms with Crippen molar-refractivity contribution in [3.8, 4) is 11.5 Å². The molecule has 0 aliphatic heterocycles. The topological polar surface area (TPSA) is 73.9 Å². The molecule has 0 spiro atoms. The van der Waals surface area contributed by atoms with Gasteiger partial charge >= 0.3 is 5.97 Å². The van der Waals surface area contributed by atoms with Crippen LogP contribution in [0, 0.1) is 5.92 Å². The first-order valence-electron chi connectivity index (χ1n) is 8.32. The summed E-state index contributed by atoms with van der Waals surface area (Å²) in [4.78, 5) is 24.1. The zero-order valence-corrected chi connectivity index (χ0v) is 15.2. The molecule has 6 nitrogen and oxygen atoms in total. The van der Waals surface area contributed by atoms with Gasteiger partial charge in [-0.1, -0.05) is 26.0 Å². The molecule has 2 aromatic carbocycles. The summed E-state index contributed by atoms with van der Waals surface area (Å²) in [6, 6.07) is 13.6. The number of rotatable bonds is 8. The van der Waals surface area contributed by atoms with Gasteiger partial charge in [0.25, 0.3) is 5.91 Å². The van der Waals surface area contributed by atoms with Crippen molar-refractivity contribution in [1.82, 2.24) is 0 Å². The van der Waals surface area contributed by atoms with Crippen LogP contribution >= 0.6 is 0 Å². The lowest BCUT2D eigenvalue weighted by Crippen LogP contribution is -2.21. The largest absolute Gasteiger partial charge is 0.497 e. The molecule has 0 aliphatic carbocycles. The number of amides is 1. The minimum Gasteiger partial charge on any atom is -0.497 e. The first-order chi connectivity index (χ1) is 12.5. The highest BCUT2D eigenvalue weighted by Crippen LogP contribution is 2.17. The highest BCUT2D eigenvalue weighted by atomic mass is 16.5. The minimum absolute atomic E-state index is 0.334. The highest BCUT2D eigenvalue weighted by Gasteiger charge is 2.12. The number of nitrogens with one attached hydrogen (secondary N) is 1. The lowest BCUT2D eigenvalue weighted by Gasteiger charge is -2.10. The van der Waals surface area contributed by atoms with E-state index in [0.717, 1.165) is 0 Å². The molecule has 1 N–H and O–H groups in total. The Morgan fingerprint density at radius 3 is 2.50 bits per heavy atom. The minimum atomic E-state index is -0.583. The van der Waals surface area contributed by atoms with Gasteiger partial charge in [-0.3, -0.25) is 4.79 Å². The number of carbonyl (C=O) groups is 2. The Kier molecular flexibility index (Phi) is 7.02. The molecule has 2 aromatic rings. The van der Waals surface area contributed by atoms with Crippen LogP contribution in [-0.2, 0) is 9.53 Å². The third-order valence-corrected chi connectivity index (χ3v) is 3.34. The van der Waals surface area contributed by atoms with E-state index in [1.807, 2.05) is 13.8 Å². The molecule has 6 heteroatoms. The summed E-state index contributed by atoms with van der Waals surface area (Å²) in [6.07, 6.45) is 0. The van der Waals surface area contributed by atoms with Crippen molar-refractivity contribution in [2.75, 3.05) is 25.6 Å². The average molecular weight is 357 g/mol. The van der Waals surface area contributed by atoms with Gasteiger partial charge in [-0.25, -0.2) is 4.79 Å². The van der Waals surface area contributed by atoms with Gasteiger partial charge in [-0.15, -0.1) is 0 Å². The normalized spacial score (nSPS) is 10.3. The molecular formula is C20H23NO5. The van der Waals surface area contributed by atoms with E-state index in [2.05, 4.69) is 5.32 Å². The van der Waals surface area contributed by atoms with Gasteiger partial charge in [0.2, 0.25) is 0 Å². The summed E-state index contributed by atoms with van der Waals surface area (Å²) in [7, 11) is 1.54. The standard InChI is InChI=1S/C20H23NO5/c1-14(2)12-25-18-9-4-6-15(10-18)20(23)26-13-19(22)21-16-7-5-8-17(11-16)24-3/h4-11,14H,12-13H2,1-3H3,(H,21,22). The summed E-state index contributed by atoms with van der Waals surface area (Å²) >= 11 is 0. The van der Waals surface area contributed by atoms with E-state index in [-0.39, 0.29) is 6.61 Å². The molecular weight excluding hydrogens is 334 g/mol. The first-order valence-corrected chi connectivity index (χ1v) is 8.32. The van der Waals surface area contributed by atoms with Crippen LogP contribution in [0.5, 0.6) is 11.5 Å². The van der Waals surface area contributed by atoms with Gasteiger partial charge in [0, 0.05) is 11.8 Å². The van der Waals surface area contributed by atoms with Crippen LogP contribution in [0.2, 0.25) is 0 Å².